The van der Waals surface area contributed by atoms with Crippen LogP contribution < -0.4 is 0 Å². The van der Waals surface area contributed by atoms with E-state index in [1.807, 2.05) is 0 Å². The molecule has 0 rings (SSSR count). The molecule has 0 heterocycles. The molecular formula is C47H90O6. The molecule has 0 bridgehead atoms. The van der Waals surface area contributed by atoms with E-state index in [1.165, 1.54) is 167 Å². The molecule has 0 aliphatic carbocycles. The molecule has 0 aliphatic heterocycles. The van der Waals surface area contributed by atoms with Crippen molar-refractivity contribution in [3.63, 3.8) is 0 Å². The summed E-state index contributed by atoms with van der Waals surface area (Å²) in [6.07, 6.45) is 43.7. The fraction of sp³-hybridized carbons (Fsp3) is 0.936. The fourth-order valence-corrected chi connectivity index (χ4v) is 7.03. The highest BCUT2D eigenvalue weighted by atomic mass is 16.6. The van der Waals surface area contributed by atoms with Gasteiger partial charge in [-0.3, -0.25) is 14.4 Å². The molecule has 0 radical (unpaired) electrons. The quantitative estimate of drug-likeness (QED) is 0.0351. The van der Waals surface area contributed by atoms with Gasteiger partial charge in [-0.05, 0) is 19.3 Å². The van der Waals surface area contributed by atoms with Gasteiger partial charge in [0.2, 0.25) is 0 Å². The van der Waals surface area contributed by atoms with Crippen molar-refractivity contribution in [3.05, 3.63) is 0 Å². The second-order valence-electron chi connectivity index (χ2n) is 16.0. The van der Waals surface area contributed by atoms with Gasteiger partial charge in [0.05, 0.1) is 0 Å². The van der Waals surface area contributed by atoms with E-state index < -0.39 is 6.10 Å². The Morgan fingerprint density at radius 1 is 0.302 bits per heavy atom. The van der Waals surface area contributed by atoms with E-state index in [2.05, 4.69) is 20.8 Å². The maximum atomic E-state index is 12.7. The van der Waals surface area contributed by atoms with Crippen LogP contribution in [0.25, 0.3) is 0 Å². The Morgan fingerprint density at radius 3 is 0.755 bits per heavy atom. The first kappa shape index (κ1) is 51.4. The van der Waals surface area contributed by atoms with Crippen molar-refractivity contribution in [1.29, 1.82) is 0 Å². The van der Waals surface area contributed by atoms with Crippen LogP contribution in [0.2, 0.25) is 0 Å². The normalized spacial score (nSPS) is 11.8. The molecule has 314 valence electrons. The second kappa shape index (κ2) is 43.1. The van der Waals surface area contributed by atoms with Crippen LogP contribution in [0.5, 0.6) is 0 Å². The molecule has 53 heavy (non-hydrogen) atoms. The van der Waals surface area contributed by atoms with Gasteiger partial charge in [-0.1, -0.05) is 226 Å². The summed E-state index contributed by atoms with van der Waals surface area (Å²) in [7, 11) is 0. The van der Waals surface area contributed by atoms with Gasteiger partial charge in [-0.25, -0.2) is 0 Å². The lowest BCUT2D eigenvalue weighted by molar-refractivity contribution is -0.167. The molecular weight excluding hydrogens is 661 g/mol. The maximum Gasteiger partial charge on any atom is 0.306 e. The lowest BCUT2D eigenvalue weighted by atomic mass is 10.0. The molecule has 0 saturated heterocycles. The fourth-order valence-electron chi connectivity index (χ4n) is 7.03. The molecule has 6 nitrogen and oxygen atoms in total. The summed E-state index contributed by atoms with van der Waals surface area (Å²) >= 11 is 0. The molecule has 0 fully saturated rings. The highest BCUT2D eigenvalue weighted by molar-refractivity contribution is 5.71. The van der Waals surface area contributed by atoms with Crippen molar-refractivity contribution in [3.8, 4) is 0 Å². The minimum atomic E-state index is -0.757. The Bertz CT molecular complexity index is 783. The standard InChI is InChI=1S/C47H90O6/c1-4-7-10-13-16-19-21-22-23-24-26-29-32-35-38-41-47(50)53-44(42-51-45(48)39-36-33-30-27-18-15-12-9-6-3)43-52-46(49)40-37-34-31-28-25-20-17-14-11-8-5-2/h44H,4-43H2,1-3H3/t44-/m1/s1. The van der Waals surface area contributed by atoms with E-state index in [9.17, 15) is 14.4 Å². The lowest BCUT2D eigenvalue weighted by Gasteiger charge is -2.18. The first-order valence-electron chi connectivity index (χ1n) is 23.5. The summed E-state index contributed by atoms with van der Waals surface area (Å²) in [4.78, 5) is 37.7. The van der Waals surface area contributed by atoms with Crippen LogP contribution in [0.1, 0.15) is 265 Å². The number of unbranched alkanes of at least 4 members (excludes halogenated alkanes) is 32. The first-order valence-corrected chi connectivity index (χ1v) is 23.5. The number of ether oxygens (including phenoxy) is 3. The zero-order valence-corrected chi connectivity index (χ0v) is 35.8. The Hall–Kier alpha value is -1.59. The third kappa shape index (κ3) is 41.4. The first-order chi connectivity index (χ1) is 26.0. The number of carbonyl (C=O) groups excluding carboxylic acids is 3. The number of carbonyl (C=O) groups is 3. The molecule has 0 N–H and O–H groups in total. The highest BCUT2D eigenvalue weighted by Crippen LogP contribution is 2.16. The molecule has 0 aromatic rings. The summed E-state index contributed by atoms with van der Waals surface area (Å²) in [5.41, 5.74) is 0. The molecule has 1 atom stereocenters. The zero-order valence-electron chi connectivity index (χ0n) is 35.8. The van der Waals surface area contributed by atoms with Gasteiger partial charge >= 0.3 is 17.9 Å². The molecule has 6 heteroatoms. The molecule has 0 spiro atoms. The molecule has 0 aromatic carbocycles. The monoisotopic (exact) mass is 751 g/mol. The van der Waals surface area contributed by atoms with Crippen LogP contribution in [-0.4, -0.2) is 37.2 Å². The Kier molecular flexibility index (Phi) is 41.8. The average molecular weight is 751 g/mol. The van der Waals surface area contributed by atoms with Crippen molar-refractivity contribution in [2.75, 3.05) is 13.2 Å². The topological polar surface area (TPSA) is 78.9 Å². The van der Waals surface area contributed by atoms with Crippen molar-refractivity contribution in [2.45, 2.75) is 271 Å². The Morgan fingerprint density at radius 2 is 0.509 bits per heavy atom. The van der Waals surface area contributed by atoms with E-state index in [0.29, 0.717) is 19.3 Å². The molecule has 0 saturated carbocycles. The van der Waals surface area contributed by atoms with Crippen molar-refractivity contribution >= 4 is 17.9 Å². The summed E-state index contributed by atoms with van der Waals surface area (Å²) in [6.45, 7) is 6.64. The highest BCUT2D eigenvalue weighted by Gasteiger charge is 2.19. The van der Waals surface area contributed by atoms with Gasteiger partial charge in [0.25, 0.3) is 0 Å². The number of hydrogen-bond donors (Lipinski definition) is 0. The largest absolute Gasteiger partial charge is 0.462 e. The minimum absolute atomic E-state index is 0.0627. The third-order valence-electron chi connectivity index (χ3n) is 10.6. The average Bonchev–Trinajstić information content (AvgIpc) is 3.15. The predicted molar refractivity (Wildman–Crippen MR) is 224 cm³/mol. The number of rotatable bonds is 43. The van der Waals surface area contributed by atoms with Crippen LogP contribution in [0, 0.1) is 0 Å². The predicted octanol–water partition coefficient (Wildman–Crippen LogP) is 14.9. The van der Waals surface area contributed by atoms with Crippen molar-refractivity contribution in [1.82, 2.24) is 0 Å². The van der Waals surface area contributed by atoms with Crippen molar-refractivity contribution in [2.24, 2.45) is 0 Å². The molecule has 0 aromatic heterocycles. The van der Waals surface area contributed by atoms with Crippen LogP contribution in [0.15, 0.2) is 0 Å². The van der Waals surface area contributed by atoms with Crippen LogP contribution in [0.3, 0.4) is 0 Å². The molecule has 0 aliphatic rings. The van der Waals surface area contributed by atoms with Gasteiger partial charge in [0, 0.05) is 19.3 Å². The minimum Gasteiger partial charge on any atom is -0.462 e. The zero-order chi connectivity index (χ0) is 38.7. The second-order valence-corrected chi connectivity index (χ2v) is 16.0. The van der Waals surface area contributed by atoms with E-state index in [0.717, 1.165) is 57.8 Å². The van der Waals surface area contributed by atoms with Gasteiger partial charge in [0.15, 0.2) is 6.10 Å². The Labute approximate surface area is 329 Å². The van der Waals surface area contributed by atoms with Gasteiger partial charge < -0.3 is 14.2 Å². The Balaban J connectivity index is 4.29. The van der Waals surface area contributed by atoms with Crippen LogP contribution >= 0.6 is 0 Å². The third-order valence-corrected chi connectivity index (χ3v) is 10.6. The van der Waals surface area contributed by atoms with Crippen molar-refractivity contribution < 1.29 is 28.6 Å². The van der Waals surface area contributed by atoms with Crippen LogP contribution in [-0.2, 0) is 28.6 Å². The maximum absolute atomic E-state index is 12.7. The van der Waals surface area contributed by atoms with Gasteiger partial charge in [-0.2, -0.15) is 0 Å². The summed E-state index contributed by atoms with van der Waals surface area (Å²) in [6, 6.07) is 0. The number of hydrogen-bond acceptors (Lipinski definition) is 6. The SMILES string of the molecule is CCCCCCCCCCCCCCCCCC(=O)O[C@H](COC(=O)CCCCCCCCCCC)COC(=O)CCCCCCCCCCCCC. The summed E-state index contributed by atoms with van der Waals surface area (Å²) < 4.78 is 16.7. The molecule has 0 amide bonds. The van der Waals surface area contributed by atoms with Crippen LogP contribution in [0.4, 0.5) is 0 Å². The van der Waals surface area contributed by atoms with E-state index in [-0.39, 0.29) is 31.1 Å². The number of esters is 3. The van der Waals surface area contributed by atoms with E-state index in [1.54, 1.807) is 0 Å². The lowest BCUT2D eigenvalue weighted by Crippen LogP contribution is -2.30. The van der Waals surface area contributed by atoms with Gasteiger partial charge in [-0.15, -0.1) is 0 Å². The molecule has 0 unspecified atom stereocenters. The van der Waals surface area contributed by atoms with Gasteiger partial charge in [0.1, 0.15) is 13.2 Å². The van der Waals surface area contributed by atoms with E-state index in [4.69, 9.17) is 14.2 Å². The van der Waals surface area contributed by atoms with E-state index >= 15 is 0 Å². The summed E-state index contributed by atoms with van der Waals surface area (Å²) in [5.74, 6) is -0.852. The summed E-state index contributed by atoms with van der Waals surface area (Å²) in [5, 5.41) is 0. The smallest absolute Gasteiger partial charge is 0.306 e.